The van der Waals surface area contributed by atoms with Crippen LogP contribution in [0, 0.1) is 0 Å². The fraction of sp³-hybridized carbons (Fsp3) is 0.590. The molecule has 96 heavy (non-hydrogen) atoms. The maximum absolute atomic E-state index is 14.8. The number of rotatable bonds is 30. The van der Waals surface area contributed by atoms with Crippen molar-refractivity contribution in [2.75, 3.05) is 37.7 Å². The zero-order valence-corrected chi connectivity index (χ0v) is 55.0. The Bertz CT molecular complexity index is 3010. The molecule has 3 fully saturated rings. The van der Waals surface area contributed by atoms with Crippen LogP contribution in [-0.2, 0) is 79.8 Å². The van der Waals surface area contributed by atoms with Crippen LogP contribution >= 0.6 is 21.6 Å². The van der Waals surface area contributed by atoms with E-state index in [9.17, 15) is 72.9 Å². The van der Waals surface area contributed by atoms with Crippen LogP contribution in [0.4, 0.5) is 0 Å². The second-order valence-corrected chi connectivity index (χ2v) is 26.0. The highest BCUT2D eigenvalue weighted by Crippen LogP contribution is 2.27. The predicted octanol–water partition coefficient (Wildman–Crippen LogP) is -4.63. The van der Waals surface area contributed by atoms with Crippen molar-refractivity contribution in [3.8, 4) is 5.75 Å². The lowest BCUT2D eigenvalue weighted by molar-refractivity contribution is -0.293. The van der Waals surface area contributed by atoms with Crippen molar-refractivity contribution < 1.29 is 87.1 Å². The Morgan fingerprint density at radius 3 is 1.92 bits per heavy atom. The average molecular weight is 1390 g/mol. The van der Waals surface area contributed by atoms with E-state index in [1.54, 1.807) is 49.4 Å². The van der Waals surface area contributed by atoms with Crippen molar-refractivity contribution in [3.05, 3.63) is 65.7 Å². The van der Waals surface area contributed by atoms with E-state index < -0.39 is 176 Å². The van der Waals surface area contributed by atoms with Crippen LogP contribution in [0.5, 0.6) is 5.75 Å². The van der Waals surface area contributed by atoms with Crippen molar-refractivity contribution in [1.82, 2.24) is 42.1 Å². The van der Waals surface area contributed by atoms with Crippen LogP contribution in [0.2, 0.25) is 0 Å². The van der Waals surface area contributed by atoms with Crippen molar-refractivity contribution in [2.24, 2.45) is 39.4 Å². The van der Waals surface area contributed by atoms with Crippen LogP contribution in [0.15, 0.2) is 59.6 Å². The Balaban J connectivity index is 1.34. The molecule has 3 heterocycles. The normalized spacial score (nSPS) is 25.1. The number of hydrogen-bond donors (Lipinski definition) is 16. The van der Waals surface area contributed by atoms with Gasteiger partial charge in [0.2, 0.25) is 65.0 Å². The summed E-state index contributed by atoms with van der Waals surface area (Å²) in [5.41, 5.74) is 34.7. The molecule has 2 aromatic carbocycles. The number of benzene rings is 2. The SMILES string of the molecule is C[C@@H]1O[C@H](OCCCCCCCCC(=O)Oc2ccc(C[C@@H]3NC(=O)[C@@H](N)CSSC[C@@H](C(=O)N4CCC[C@H]4C(=O)N[C@@H](CCCN=C(N)N)C(=O)NCC(N)=O)NC(=O)[C@H](CC(N)=O)NC(=O)[C@H](CCC(N)=O)NC(=O)[C@H](Cc4ccccc4)NC3=O)cc2)[C@@H](O)[C@H](O)[C@@H]1O. The zero-order chi connectivity index (χ0) is 70.4. The first-order valence-corrected chi connectivity index (χ1v) is 34.1. The van der Waals surface area contributed by atoms with Crippen molar-refractivity contribution >= 4 is 98.5 Å². The average Bonchev–Trinajstić information content (AvgIpc) is 1.12. The molecular weight excluding hydrogens is 1290 g/mol. The maximum Gasteiger partial charge on any atom is 0.311 e. The van der Waals surface area contributed by atoms with Gasteiger partial charge >= 0.3 is 5.97 Å². The number of guanidine groups is 1. The summed E-state index contributed by atoms with van der Waals surface area (Å²) in [7, 11) is 1.96. The third-order valence-corrected chi connectivity index (χ3v) is 18.2. The number of primary amides is 3. The van der Waals surface area contributed by atoms with Crippen molar-refractivity contribution in [2.45, 2.75) is 189 Å². The molecule has 11 amide bonds. The van der Waals surface area contributed by atoms with Gasteiger partial charge in [0.25, 0.3) is 0 Å². The number of aliphatic imine (C=N–C) groups is 1. The first-order valence-electron chi connectivity index (χ1n) is 31.7. The van der Waals surface area contributed by atoms with Gasteiger partial charge in [0.1, 0.15) is 66.4 Å². The van der Waals surface area contributed by atoms with Gasteiger partial charge in [0.05, 0.1) is 25.1 Å². The van der Waals surface area contributed by atoms with E-state index in [-0.39, 0.29) is 87.9 Å². The van der Waals surface area contributed by atoms with Gasteiger partial charge in [-0.1, -0.05) is 89.7 Å². The van der Waals surface area contributed by atoms with Crippen LogP contribution in [-0.4, -0.2) is 214 Å². The number of unbranched alkanes of at least 4 members (excludes halogenated alkanes) is 5. The Hall–Kier alpha value is -8.19. The summed E-state index contributed by atoms with van der Waals surface area (Å²) in [5, 5.41) is 47.9. The molecule has 5 rings (SSSR count). The zero-order valence-electron chi connectivity index (χ0n) is 53.4. The first kappa shape index (κ1) is 78.5. The highest BCUT2D eigenvalue weighted by Gasteiger charge is 2.43. The van der Waals surface area contributed by atoms with Gasteiger partial charge in [0.15, 0.2) is 12.2 Å². The minimum Gasteiger partial charge on any atom is -0.427 e. The Kier molecular flexibility index (Phi) is 33.0. The number of hydrogen-bond acceptors (Lipinski definition) is 22. The number of carbonyl (C=O) groups is 12. The standard InChI is InChI=1S/C61H91N15O18S2/c1-33-49(81)50(82)51(83)60(93-33)92-26-10-5-3-2-4-9-17-48(80)94-36-20-18-35(19-21-36)28-40-56(88)73-41(27-34-13-7-6-8-14-34)55(87)70-39(22-23-45(63)77)54(86)74-42(29-46(64)78)57(89)75-43(32-96-95-31-37(62)52(84)72-40)59(91)76-25-12-16-44(76)58(90)71-38(15-11-24-68-61(66)67)53(85)69-30-47(65)79/h6-8,13-14,18-21,33,37-44,49-51,60,81-83H,2-5,9-12,15-17,22-32,62H2,1H3,(H2,63,77)(H2,64,78)(H2,65,79)(H,69,85)(H,70,87)(H,71,90)(H,72,84)(H,73,88)(H,74,86)(H,75,89)(H4,66,67,68)/t33-,37-,38-,39-,40-,41-,42-,43-,44-,49+,50+,51-,60-/m0/s1. The van der Waals surface area contributed by atoms with Crippen LogP contribution in [0.1, 0.15) is 108 Å². The second-order valence-electron chi connectivity index (χ2n) is 23.5. The summed E-state index contributed by atoms with van der Waals surface area (Å²) in [6, 6.07) is 2.73. The lowest BCUT2D eigenvalue weighted by Crippen LogP contribution is -2.61. The van der Waals surface area contributed by atoms with Crippen LogP contribution in [0.3, 0.4) is 0 Å². The molecule has 0 aromatic heterocycles. The fourth-order valence-corrected chi connectivity index (χ4v) is 12.7. The minimum absolute atomic E-state index is 0.0174. The highest BCUT2D eigenvalue weighted by molar-refractivity contribution is 8.76. The quantitative estimate of drug-likeness (QED) is 0.00873. The largest absolute Gasteiger partial charge is 0.427 e. The summed E-state index contributed by atoms with van der Waals surface area (Å²) < 4.78 is 16.6. The molecule has 33 nitrogen and oxygen atoms in total. The van der Waals surface area contributed by atoms with Crippen molar-refractivity contribution in [1.29, 1.82) is 0 Å². The number of amides is 11. The molecular formula is C61H91N15O18S2. The lowest BCUT2D eigenvalue weighted by Gasteiger charge is -2.38. The Morgan fingerprint density at radius 2 is 1.27 bits per heavy atom. The Morgan fingerprint density at radius 1 is 0.677 bits per heavy atom. The smallest absolute Gasteiger partial charge is 0.311 e. The maximum atomic E-state index is 14.8. The van der Waals surface area contributed by atoms with E-state index in [4.69, 9.17) is 48.6 Å². The van der Waals surface area contributed by atoms with Gasteiger partial charge < -0.3 is 106 Å². The van der Waals surface area contributed by atoms with Gasteiger partial charge in [-0.2, -0.15) is 0 Å². The molecule has 13 atom stereocenters. The molecule has 530 valence electrons. The van der Waals surface area contributed by atoms with Gasteiger partial charge in [-0.15, -0.1) is 0 Å². The molecule has 0 unspecified atom stereocenters. The summed E-state index contributed by atoms with van der Waals surface area (Å²) in [6.45, 7) is 1.35. The molecule has 0 bridgehead atoms. The predicted molar refractivity (Wildman–Crippen MR) is 350 cm³/mol. The molecule has 2 aromatic rings. The molecule has 22 N–H and O–H groups in total. The third-order valence-electron chi connectivity index (χ3n) is 15.7. The summed E-state index contributed by atoms with van der Waals surface area (Å²) in [4.78, 5) is 168. The van der Waals surface area contributed by atoms with Gasteiger partial charge in [0, 0.05) is 56.9 Å². The van der Waals surface area contributed by atoms with Crippen LogP contribution in [0.25, 0.3) is 0 Å². The van der Waals surface area contributed by atoms with E-state index in [2.05, 4.69) is 42.2 Å². The molecule has 0 spiro atoms. The van der Waals surface area contributed by atoms with Crippen LogP contribution < -0.4 is 76.4 Å². The van der Waals surface area contributed by atoms with E-state index in [1.807, 2.05) is 0 Å². The molecule has 3 aliphatic rings. The molecule has 3 saturated heterocycles. The number of aliphatic hydroxyl groups is 3. The number of esters is 1. The Labute approximate surface area is 562 Å². The van der Waals surface area contributed by atoms with E-state index in [0.717, 1.165) is 47.3 Å². The third kappa shape index (κ3) is 26.8. The number of likely N-dealkylation sites (tertiary alicyclic amines) is 1. The van der Waals surface area contributed by atoms with Crippen molar-refractivity contribution in [3.63, 3.8) is 0 Å². The fourth-order valence-electron chi connectivity index (χ4n) is 10.5. The van der Waals surface area contributed by atoms with Gasteiger partial charge in [-0.25, -0.2) is 0 Å². The topological polar surface area (TPSA) is 549 Å². The van der Waals surface area contributed by atoms with E-state index >= 15 is 0 Å². The van der Waals surface area contributed by atoms with E-state index in [0.29, 0.717) is 24.0 Å². The minimum atomic E-state index is -1.83. The first-order chi connectivity index (χ1) is 45.7. The van der Waals surface area contributed by atoms with Gasteiger partial charge in [-0.3, -0.25) is 62.5 Å². The summed E-state index contributed by atoms with van der Waals surface area (Å²) in [6.07, 6.45) is -2.87. The summed E-state index contributed by atoms with van der Waals surface area (Å²) in [5.74, 6) is -11.1. The molecule has 0 radical (unpaired) electrons. The number of nitrogens with one attached hydrogen (secondary N) is 7. The lowest BCUT2D eigenvalue weighted by atomic mass is 10.00. The van der Waals surface area contributed by atoms with E-state index in [1.165, 1.54) is 17.0 Å². The number of aliphatic hydroxyl groups excluding tert-OH is 3. The number of carbonyl (C=O) groups excluding carboxylic acids is 12. The number of nitrogens with zero attached hydrogens (tertiary/aromatic N) is 2. The second kappa shape index (κ2) is 40.4. The van der Waals surface area contributed by atoms with Gasteiger partial charge in [-0.05, 0) is 75.1 Å². The number of ether oxygens (including phenoxy) is 3. The monoisotopic (exact) mass is 1390 g/mol. The number of nitrogens with two attached hydrogens (primary N) is 6. The molecule has 0 aliphatic carbocycles. The summed E-state index contributed by atoms with van der Waals surface area (Å²) >= 11 is 0. The highest BCUT2D eigenvalue weighted by atomic mass is 33.1. The molecule has 0 saturated carbocycles. The molecule has 35 heteroatoms. The molecule has 3 aliphatic heterocycles.